The fourth-order valence-electron chi connectivity index (χ4n) is 0.207. The molecule has 0 radical (unpaired) electrons. The number of primary amides is 1. The first-order valence-corrected chi connectivity index (χ1v) is 2.08. The maximum atomic E-state index is 10.2. The molecule has 0 atom stereocenters. The molecule has 7 nitrogen and oxygen atoms in total. The van der Waals surface area contributed by atoms with Crippen LogP contribution in [0.25, 0.3) is 0 Å². The van der Waals surface area contributed by atoms with Gasteiger partial charge in [-0.25, -0.2) is 9.59 Å². The minimum absolute atomic E-state index is 0.992. The van der Waals surface area contributed by atoms with E-state index in [0.29, 0.717) is 0 Å². The summed E-state index contributed by atoms with van der Waals surface area (Å²) in [6, 6.07) is -2.02. The number of hydrogen-bond acceptors (Lipinski definition) is 4. The number of amides is 4. The Balaban J connectivity index is 3.47. The van der Waals surface area contributed by atoms with Crippen LogP contribution in [0.4, 0.5) is 9.59 Å². The van der Waals surface area contributed by atoms with Crippen molar-refractivity contribution in [1.82, 2.24) is 10.8 Å². The van der Waals surface area contributed by atoms with E-state index in [9.17, 15) is 9.59 Å². The summed E-state index contributed by atoms with van der Waals surface area (Å²) in [6.07, 6.45) is 1.15. The highest BCUT2D eigenvalue weighted by molar-refractivity contribution is 5.91. The molecule has 0 unspecified atom stereocenters. The van der Waals surface area contributed by atoms with Gasteiger partial charge in [-0.1, -0.05) is 0 Å². The van der Waals surface area contributed by atoms with Gasteiger partial charge in [0.05, 0.1) is 0 Å². The van der Waals surface area contributed by atoms with Crippen LogP contribution in [0.1, 0.15) is 0 Å². The van der Waals surface area contributed by atoms with E-state index >= 15 is 0 Å². The van der Waals surface area contributed by atoms with Crippen LogP contribution in [0.3, 0.4) is 0 Å². The molecule has 0 saturated heterocycles. The van der Waals surface area contributed by atoms with E-state index in [4.69, 9.17) is 5.26 Å². The molecule has 0 rings (SSSR count). The van der Waals surface area contributed by atoms with Gasteiger partial charge in [0, 0.05) is 0 Å². The van der Waals surface area contributed by atoms with Crippen LogP contribution in [0, 0.1) is 11.5 Å². The molecule has 0 spiro atoms. The van der Waals surface area contributed by atoms with Crippen molar-refractivity contribution in [3.63, 3.8) is 0 Å². The van der Waals surface area contributed by atoms with E-state index in [1.165, 1.54) is 0 Å². The number of hydrogen-bond donors (Lipinski definition) is 3. The SMILES string of the molecule is N#CONC(=O)NC(N)=O. The van der Waals surface area contributed by atoms with Gasteiger partial charge in [-0.2, -0.15) is 5.48 Å². The van der Waals surface area contributed by atoms with E-state index in [2.05, 4.69) is 10.6 Å². The molecule has 0 aliphatic carbocycles. The van der Waals surface area contributed by atoms with Gasteiger partial charge in [0.25, 0.3) is 0 Å². The molecule has 0 aromatic heterocycles. The molecule has 54 valence electrons. The normalized spacial score (nSPS) is 7.10. The zero-order valence-corrected chi connectivity index (χ0v) is 4.75. The van der Waals surface area contributed by atoms with Crippen LogP contribution >= 0.6 is 0 Å². The molecular formula is C3H4N4O3. The molecule has 0 aliphatic rings. The summed E-state index contributed by atoms with van der Waals surface area (Å²) in [7, 11) is 0. The van der Waals surface area contributed by atoms with Crippen molar-refractivity contribution >= 4 is 12.1 Å². The van der Waals surface area contributed by atoms with Crippen molar-refractivity contribution in [2.24, 2.45) is 5.73 Å². The average molecular weight is 144 g/mol. The lowest BCUT2D eigenvalue weighted by Crippen LogP contribution is -2.41. The average Bonchev–Trinajstić information content (AvgIpc) is 1.82. The maximum absolute atomic E-state index is 10.2. The largest absolute Gasteiger partial charge is 0.356 e. The van der Waals surface area contributed by atoms with E-state index < -0.39 is 12.1 Å². The zero-order valence-electron chi connectivity index (χ0n) is 4.75. The molecule has 0 saturated carbocycles. The van der Waals surface area contributed by atoms with Crippen LogP contribution < -0.4 is 16.5 Å². The van der Waals surface area contributed by atoms with Gasteiger partial charge < -0.3 is 5.73 Å². The third-order valence-electron chi connectivity index (χ3n) is 0.426. The zero-order chi connectivity index (χ0) is 7.98. The predicted molar refractivity (Wildman–Crippen MR) is 27.9 cm³/mol. The second-order valence-electron chi connectivity index (χ2n) is 1.11. The van der Waals surface area contributed by atoms with Crippen LogP contribution in [0.15, 0.2) is 0 Å². The van der Waals surface area contributed by atoms with Crippen molar-refractivity contribution in [3.05, 3.63) is 0 Å². The first-order valence-electron chi connectivity index (χ1n) is 2.08. The molecule has 0 aromatic carbocycles. The number of urea groups is 2. The quantitative estimate of drug-likeness (QED) is 0.315. The summed E-state index contributed by atoms with van der Waals surface area (Å²) < 4.78 is 0. The Morgan fingerprint density at radius 3 is 2.60 bits per heavy atom. The van der Waals surface area contributed by atoms with E-state index in [-0.39, 0.29) is 0 Å². The predicted octanol–water partition coefficient (Wildman–Crippen LogP) is -1.22. The lowest BCUT2D eigenvalue weighted by atomic mass is 10.9. The van der Waals surface area contributed by atoms with Crippen LogP contribution in [-0.4, -0.2) is 12.1 Å². The maximum Gasteiger partial charge on any atom is 0.356 e. The number of rotatable bonds is 1. The minimum Gasteiger partial charge on any atom is -0.351 e. The number of nitrogens with one attached hydrogen (secondary N) is 2. The molecule has 0 aromatic rings. The van der Waals surface area contributed by atoms with Crippen LogP contribution in [0.5, 0.6) is 0 Å². The number of nitrogens with zero attached hydrogens (tertiary/aromatic N) is 1. The lowest BCUT2D eigenvalue weighted by Gasteiger charge is -1.97. The third-order valence-corrected chi connectivity index (χ3v) is 0.426. The van der Waals surface area contributed by atoms with Crippen molar-refractivity contribution in [1.29, 1.82) is 5.26 Å². The van der Waals surface area contributed by atoms with Gasteiger partial charge in [-0.3, -0.25) is 10.2 Å². The number of carbonyl (C=O) groups is 2. The number of nitrogens with two attached hydrogens (primary N) is 1. The topological polar surface area (TPSA) is 117 Å². The summed E-state index contributed by atoms with van der Waals surface area (Å²) >= 11 is 0. The second kappa shape index (κ2) is 3.96. The molecule has 10 heavy (non-hydrogen) atoms. The van der Waals surface area contributed by atoms with Crippen LogP contribution in [0.2, 0.25) is 0 Å². The summed E-state index contributed by atoms with van der Waals surface area (Å²) in [6.45, 7) is 0. The smallest absolute Gasteiger partial charge is 0.351 e. The molecule has 4 N–H and O–H groups in total. The Morgan fingerprint density at radius 2 is 2.20 bits per heavy atom. The molecule has 4 amide bonds. The fourth-order valence-corrected chi connectivity index (χ4v) is 0.207. The highest BCUT2D eigenvalue weighted by atomic mass is 16.6. The molecule has 0 heterocycles. The number of carbonyl (C=O) groups excluding carboxylic acids is 2. The van der Waals surface area contributed by atoms with Gasteiger partial charge in [0.2, 0.25) is 0 Å². The number of nitriles is 1. The Hall–Kier alpha value is -1.97. The van der Waals surface area contributed by atoms with Crippen molar-refractivity contribution in [3.8, 4) is 6.26 Å². The first-order chi connectivity index (χ1) is 4.66. The van der Waals surface area contributed by atoms with Crippen LogP contribution in [-0.2, 0) is 4.84 Å². The van der Waals surface area contributed by atoms with E-state index in [1.54, 1.807) is 10.8 Å². The van der Waals surface area contributed by atoms with Gasteiger partial charge in [-0.05, 0) is 0 Å². The highest BCUT2D eigenvalue weighted by Gasteiger charge is 2.00. The fraction of sp³-hybridized carbons (Fsp3) is 0. The van der Waals surface area contributed by atoms with Gasteiger partial charge in [0.1, 0.15) is 0 Å². The van der Waals surface area contributed by atoms with Gasteiger partial charge in [-0.15, -0.1) is 5.26 Å². The monoisotopic (exact) mass is 144 g/mol. The summed E-state index contributed by atoms with van der Waals surface area (Å²) in [5, 5.41) is 9.31. The Labute approximate surface area is 55.7 Å². The summed E-state index contributed by atoms with van der Waals surface area (Å²) in [5.74, 6) is 0. The molecule has 0 fully saturated rings. The van der Waals surface area contributed by atoms with Gasteiger partial charge >= 0.3 is 18.3 Å². The Morgan fingerprint density at radius 1 is 1.60 bits per heavy atom. The second-order valence-corrected chi connectivity index (χ2v) is 1.11. The van der Waals surface area contributed by atoms with E-state index in [0.717, 1.165) is 6.26 Å². The molecular weight excluding hydrogens is 140 g/mol. The number of hydroxylamine groups is 1. The van der Waals surface area contributed by atoms with E-state index in [1.807, 2.05) is 0 Å². The standard InChI is InChI=1S/C3H4N4O3/c4-1-10-7-3(9)6-2(5)8/h(H4,5,6,7,8,9). The number of imide groups is 1. The summed E-state index contributed by atoms with van der Waals surface area (Å²) in [5.41, 5.74) is 6.07. The minimum atomic E-state index is -1.03. The lowest BCUT2D eigenvalue weighted by molar-refractivity contribution is 0.154. The Bertz CT molecular complexity index is 183. The van der Waals surface area contributed by atoms with Crippen molar-refractivity contribution in [2.45, 2.75) is 0 Å². The third kappa shape index (κ3) is 4.20. The molecule has 0 aliphatic heterocycles. The first kappa shape index (κ1) is 8.03. The highest BCUT2D eigenvalue weighted by Crippen LogP contribution is 1.63. The van der Waals surface area contributed by atoms with Gasteiger partial charge in [0.15, 0.2) is 0 Å². The molecule has 0 bridgehead atoms. The Kier molecular flexibility index (Phi) is 3.18. The molecule has 7 heteroatoms. The van der Waals surface area contributed by atoms with Crippen molar-refractivity contribution in [2.75, 3.05) is 0 Å². The summed E-state index contributed by atoms with van der Waals surface area (Å²) in [4.78, 5) is 23.8. The van der Waals surface area contributed by atoms with Crippen molar-refractivity contribution < 1.29 is 14.4 Å².